The third-order valence-corrected chi connectivity index (χ3v) is 3.53. The average molecular weight is 258 g/mol. The van der Waals surface area contributed by atoms with Crippen LogP contribution in [0.4, 0.5) is 4.79 Å². The Morgan fingerprint density at radius 2 is 2.29 bits per heavy atom. The number of aliphatic carboxylic acids is 1. The molecule has 0 radical (unpaired) electrons. The van der Waals surface area contributed by atoms with E-state index < -0.39 is 5.97 Å². The summed E-state index contributed by atoms with van der Waals surface area (Å²) in [5, 5.41) is 11.5. The number of rotatable bonds is 4. The molecule has 1 saturated heterocycles. The lowest BCUT2D eigenvalue weighted by molar-refractivity contribution is -0.137. The third-order valence-electron chi connectivity index (χ3n) is 2.44. The van der Waals surface area contributed by atoms with Crippen molar-refractivity contribution in [1.29, 1.82) is 0 Å². The number of thioether (sulfide) groups is 1. The highest BCUT2D eigenvalue weighted by Gasteiger charge is 2.28. The van der Waals surface area contributed by atoms with Crippen molar-refractivity contribution in [1.82, 2.24) is 10.2 Å². The quantitative estimate of drug-likeness (QED) is 0.743. The van der Waals surface area contributed by atoms with Gasteiger partial charge in [-0.1, -0.05) is 12.2 Å². The number of carboxylic acids is 1. The highest BCUT2D eigenvalue weighted by Crippen LogP contribution is 2.19. The Kier molecular flexibility index (Phi) is 5.34. The van der Waals surface area contributed by atoms with Crippen LogP contribution in [0, 0.1) is 0 Å². The highest BCUT2D eigenvalue weighted by atomic mass is 32.2. The molecule has 5 nitrogen and oxygen atoms in total. The predicted octanol–water partition coefficient (Wildman–Crippen LogP) is 1.16. The van der Waals surface area contributed by atoms with Gasteiger partial charge in [0.1, 0.15) is 0 Å². The van der Waals surface area contributed by atoms with Crippen molar-refractivity contribution in [3.05, 3.63) is 12.2 Å². The summed E-state index contributed by atoms with van der Waals surface area (Å²) in [6.45, 7) is 6.58. The van der Waals surface area contributed by atoms with Gasteiger partial charge in [0.25, 0.3) is 0 Å². The Hall–Kier alpha value is -1.17. The van der Waals surface area contributed by atoms with Crippen molar-refractivity contribution in [2.75, 3.05) is 24.6 Å². The molecule has 96 valence electrons. The van der Waals surface area contributed by atoms with E-state index >= 15 is 0 Å². The maximum absolute atomic E-state index is 11.9. The van der Waals surface area contributed by atoms with E-state index in [-0.39, 0.29) is 18.5 Å². The highest BCUT2D eigenvalue weighted by molar-refractivity contribution is 7.99. The molecule has 1 unspecified atom stereocenters. The van der Waals surface area contributed by atoms with Crippen LogP contribution in [0.15, 0.2) is 12.2 Å². The van der Waals surface area contributed by atoms with E-state index in [4.69, 9.17) is 5.11 Å². The lowest BCUT2D eigenvalue weighted by atomic mass is 10.2. The van der Waals surface area contributed by atoms with Gasteiger partial charge >= 0.3 is 12.0 Å². The second kappa shape index (κ2) is 6.54. The van der Waals surface area contributed by atoms with Crippen LogP contribution in [0.25, 0.3) is 0 Å². The smallest absolute Gasteiger partial charge is 0.317 e. The number of nitrogens with zero attached hydrogens (tertiary/aromatic N) is 1. The summed E-state index contributed by atoms with van der Waals surface area (Å²) in [6, 6.07) is -0.407. The van der Waals surface area contributed by atoms with Crippen molar-refractivity contribution in [3.8, 4) is 0 Å². The van der Waals surface area contributed by atoms with E-state index in [2.05, 4.69) is 11.9 Å². The van der Waals surface area contributed by atoms with E-state index in [9.17, 15) is 9.59 Å². The summed E-state index contributed by atoms with van der Waals surface area (Å²) >= 11 is 1.69. The molecule has 1 atom stereocenters. The summed E-state index contributed by atoms with van der Waals surface area (Å²) in [7, 11) is 0. The topological polar surface area (TPSA) is 69.6 Å². The fraction of sp³-hybridized carbons (Fsp3) is 0.636. The van der Waals surface area contributed by atoms with Gasteiger partial charge in [-0.25, -0.2) is 4.79 Å². The second-order valence-electron chi connectivity index (χ2n) is 4.14. The number of urea groups is 1. The maximum atomic E-state index is 11.9. The van der Waals surface area contributed by atoms with E-state index in [1.54, 1.807) is 16.7 Å². The van der Waals surface area contributed by atoms with E-state index in [1.807, 2.05) is 6.92 Å². The Balaban J connectivity index is 2.54. The fourth-order valence-corrected chi connectivity index (χ4v) is 2.68. The van der Waals surface area contributed by atoms with Gasteiger partial charge in [0.2, 0.25) is 0 Å². The number of carboxylic acid groups (broad SMARTS) is 1. The molecule has 6 heteroatoms. The molecule has 2 N–H and O–H groups in total. The first-order chi connectivity index (χ1) is 8.00. The SMILES string of the molecule is C=C(C)CNC(=O)N1CCSCC1CC(=O)O. The van der Waals surface area contributed by atoms with Gasteiger partial charge in [0, 0.05) is 24.6 Å². The molecular weight excluding hydrogens is 240 g/mol. The molecule has 0 aromatic heterocycles. The molecular formula is C11H18N2O3S. The predicted molar refractivity (Wildman–Crippen MR) is 68.3 cm³/mol. The second-order valence-corrected chi connectivity index (χ2v) is 5.29. The molecule has 0 bridgehead atoms. The molecule has 0 aromatic carbocycles. The largest absolute Gasteiger partial charge is 0.481 e. The maximum Gasteiger partial charge on any atom is 0.317 e. The van der Waals surface area contributed by atoms with Crippen molar-refractivity contribution >= 4 is 23.8 Å². The Morgan fingerprint density at radius 1 is 1.59 bits per heavy atom. The monoisotopic (exact) mass is 258 g/mol. The molecule has 0 saturated carbocycles. The first-order valence-corrected chi connectivity index (χ1v) is 6.64. The molecule has 0 aromatic rings. The number of amides is 2. The van der Waals surface area contributed by atoms with Crippen LogP contribution in [-0.4, -0.2) is 52.6 Å². The van der Waals surface area contributed by atoms with E-state index in [1.165, 1.54) is 0 Å². The average Bonchev–Trinajstić information content (AvgIpc) is 2.25. The van der Waals surface area contributed by atoms with Crippen LogP contribution in [0.2, 0.25) is 0 Å². The van der Waals surface area contributed by atoms with Crippen LogP contribution in [0.5, 0.6) is 0 Å². The third kappa shape index (κ3) is 4.68. The lowest BCUT2D eigenvalue weighted by Crippen LogP contribution is -2.51. The van der Waals surface area contributed by atoms with Crippen LogP contribution in [0.3, 0.4) is 0 Å². The van der Waals surface area contributed by atoms with Crippen molar-refractivity contribution in [3.63, 3.8) is 0 Å². The number of hydrogen-bond donors (Lipinski definition) is 2. The molecule has 1 rings (SSSR count). The Labute approximate surface area is 105 Å². The number of hydrogen-bond acceptors (Lipinski definition) is 3. The van der Waals surface area contributed by atoms with Gasteiger partial charge in [-0.2, -0.15) is 11.8 Å². The van der Waals surface area contributed by atoms with Gasteiger partial charge in [-0.15, -0.1) is 0 Å². The molecule has 0 spiro atoms. The normalized spacial score (nSPS) is 19.8. The van der Waals surface area contributed by atoms with Gasteiger partial charge in [-0.3, -0.25) is 4.79 Å². The summed E-state index contributed by atoms with van der Waals surface area (Å²) in [5.41, 5.74) is 0.875. The molecule has 1 fully saturated rings. The van der Waals surface area contributed by atoms with Crippen molar-refractivity contribution < 1.29 is 14.7 Å². The minimum absolute atomic E-state index is 0.00743. The number of carbonyl (C=O) groups excluding carboxylic acids is 1. The van der Waals surface area contributed by atoms with Crippen LogP contribution < -0.4 is 5.32 Å². The van der Waals surface area contributed by atoms with Gasteiger partial charge in [0.05, 0.1) is 12.5 Å². The number of carbonyl (C=O) groups is 2. The molecule has 2 amide bonds. The molecule has 1 aliphatic heterocycles. The van der Waals surface area contributed by atoms with E-state index in [0.717, 1.165) is 11.3 Å². The fourth-order valence-electron chi connectivity index (χ4n) is 1.62. The summed E-state index contributed by atoms with van der Waals surface area (Å²) in [6.07, 6.45) is 0.00743. The van der Waals surface area contributed by atoms with Crippen LogP contribution in [0.1, 0.15) is 13.3 Å². The van der Waals surface area contributed by atoms with Gasteiger partial charge in [0.15, 0.2) is 0 Å². The van der Waals surface area contributed by atoms with Gasteiger partial charge in [-0.05, 0) is 6.92 Å². The molecule has 1 heterocycles. The minimum atomic E-state index is -0.866. The van der Waals surface area contributed by atoms with Crippen LogP contribution in [-0.2, 0) is 4.79 Å². The summed E-state index contributed by atoms with van der Waals surface area (Å²) < 4.78 is 0. The summed E-state index contributed by atoms with van der Waals surface area (Å²) in [4.78, 5) is 24.2. The van der Waals surface area contributed by atoms with E-state index in [0.29, 0.717) is 18.8 Å². The zero-order chi connectivity index (χ0) is 12.8. The lowest BCUT2D eigenvalue weighted by Gasteiger charge is -2.34. The molecule has 0 aliphatic carbocycles. The number of nitrogens with one attached hydrogen (secondary N) is 1. The zero-order valence-electron chi connectivity index (χ0n) is 9.94. The zero-order valence-corrected chi connectivity index (χ0v) is 10.8. The first-order valence-electron chi connectivity index (χ1n) is 5.49. The van der Waals surface area contributed by atoms with Crippen molar-refractivity contribution in [2.24, 2.45) is 0 Å². The van der Waals surface area contributed by atoms with Crippen molar-refractivity contribution in [2.45, 2.75) is 19.4 Å². The molecule has 17 heavy (non-hydrogen) atoms. The summed E-state index contributed by atoms with van der Waals surface area (Å²) in [5.74, 6) is 0.679. The standard InChI is InChI=1S/C11H18N2O3S/c1-8(2)6-12-11(16)13-3-4-17-7-9(13)5-10(14)15/h9H,1,3-7H2,2H3,(H,12,16)(H,14,15). The Morgan fingerprint density at radius 3 is 2.88 bits per heavy atom. The van der Waals surface area contributed by atoms with Gasteiger partial charge < -0.3 is 15.3 Å². The minimum Gasteiger partial charge on any atom is -0.481 e. The first kappa shape index (κ1) is 13.9. The Bertz CT molecular complexity index is 320. The van der Waals surface area contributed by atoms with Crippen LogP contribution >= 0.6 is 11.8 Å². The molecule has 1 aliphatic rings.